The Kier molecular flexibility index (Phi) is 4.12. The molecular weight excluding hydrogens is 342 g/mol. The second-order valence-corrected chi connectivity index (χ2v) is 7.42. The van der Waals surface area contributed by atoms with E-state index in [1.54, 1.807) is 10.9 Å². The first-order valence-corrected chi connectivity index (χ1v) is 9.65. The third-order valence-corrected chi connectivity index (χ3v) is 5.50. The van der Waals surface area contributed by atoms with Crippen molar-refractivity contribution in [3.05, 3.63) is 30.5 Å². The van der Waals surface area contributed by atoms with Gasteiger partial charge in [-0.15, -0.1) is 5.10 Å². The minimum absolute atomic E-state index is 0.210. The summed E-state index contributed by atoms with van der Waals surface area (Å²) in [5, 5.41) is 21.5. The molecule has 2 aromatic heterocycles. The summed E-state index contributed by atoms with van der Waals surface area (Å²) in [6.45, 7) is 2.26. The number of anilines is 2. The highest BCUT2D eigenvalue weighted by Gasteiger charge is 2.23. The zero-order valence-corrected chi connectivity index (χ0v) is 15.1. The molecule has 0 radical (unpaired) electrons. The van der Waals surface area contributed by atoms with Gasteiger partial charge in [0.05, 0.1) is 18.0 Å². The molecule has 2 N–H and O–H groups in total. The Morgan fingerprint density at radius 3 is 2.56 bits per heavy atom. The lowest BCUT2D eigenvalue weighted by atomic mass is 10.2. The predicted molar refractivity (Wildman–Crippen MR) is 103 cm³/mol. The van der Waals surface area contributed by atoms with Gasteiger partial charge in [0.1, 0.15) is 0 Å². The van der Waals surface area contributed by atoms with Gasteiger partial charge in [0, 0.05) is 24.8 Å². The highest BCUT2D eigenvalue weighted by Crippen LogP contribution is 2.24. The maximum absolute atomic E-state index is 9.70. The molecule has 5 rings (SSSR count). The van der Waals surface area contributed by atoms with Crippen molar-refractivity contribution in [3.8, 4) is 5.69 Å². The summed E-state index contributed by atoms with van der Waals surface area (Å²) in [4.78, 5) is 11.4. The van der Waals surface area contributed by atoms with Gasteiger partial charge in [0.15, 0.2) is 11.2 Å². The zero-order chi connectivity index (χ0) is 18.2. The summed E-state index contributed by atoms with van der Waals surface area (Å²) in [6, 6.07) is 8.60. The van der Waals surface area contributed by atoms with Crippen LogP contribution in [0.25, 0.3) is 16.9 Å². The van der Waals surface area contributed by atoms with Crippen LogP contribution in [0.5, 0.6) is 0 Å². The van der Waals surface area contributed by atoms with Gasteiger partial charge in [0.25, 0.3) is 0 Å². The average Bonchev–Trinajstić information content (AvgIpc) is 3.43. The molecule has 1 saturated carbocycles. The van der Waals surface area contributed by atoms with Gasteiger partial charge in [0.2, 0.25) is 5.95 Å². The first-order valence-electron chi connectivity index (χ1n) is 9.65. The quantitative estimate of drug-likeness (QED) is 0.732. The van der Waals surface area contributed by atoms with Crippen molar-refractivity contribution in [1.29, 1.82) is 0 Å². The van der Waals surface area contributed by atoms with Crippen LogP contribution in [0.3, 0.4) is 0 Å². The van der Waals surface area contributed by atoms with E-state index in [1.165, 1.54) is 18.5 Å². The zero-order valence-electron chi connectivity index (χ0n) is 15.1. The number of aliphatic hydroxyl groups is 1. The van der Waals surface area contributed by atoms with E-state index >= 15 is 0 Å². The molecule has 0 unspecified atom stereocenters. The van der Waals surface area contributed by atoms with Gasteiger partial charge >= 0.3 is 0 Å². The molecule has 1 aromatic carbocycles. The van der Waals surface area contributed by atoms with Crippen molar-refractivity contribution >= 4 is 22.8 Å². The third-order valence-electron chi connectivity index (χ3n) is 5.50. The van der Waals surface area contributed by atoms with Gasteiger partial charge in [-0.25, -0.2) is 4.98 Å². The van der Waals surface area contributed by atoms with Gasteiger partial charge in [-0.1, -0.05) is 5.21 Å². The first-order chi connectivity index (χ1) is 13.3. The van der Waals surface area contributed by atoms with E-state index in [-0.39, 0.29) is 12.1 Å². The molecule has 2 fully saturated rings. The molecule has 8 nitrogen and oxygen atoms in total. The summed E-state index contributed by atoms with van der Waals surface area (Å²) < 4.78 is 1.75. The minimum atomic E-state index is -0.229. The number of aliphatic hydroxyl groups excluding tert-OH is 1. The monoisotopic (exact) mass is 365 g/mol. The molecule has 140 valence electrons. The molecule has 8 heteroatoms. The number of rotatable bonds is 4. The molecule has 2 atom stereocenters. The SMILES string of the molecule is O[C@@H]1CC[C@@H](Nc2ncc3nnn(-c4ccc(N5CCCC5)cc4)c3n2)C1. The summed E-state index contributed by atoms with van der Waals surface area (Å²) in [7, 11) is 0. The van der Waals surface area contributed by atoms with E-state index in [4.69, 9.17) is 0 Å². The standard InChI is InChI=1S/C19H23N7O/c27-16-8-3-13(11-16)21-19-20-12-17-18(22-19)26(24-23-17)15-6-4-14(5-7-15)25-9-1-2-10-25/h4-7,12-13,16,27H,1-3,8-11H2,(H,20,21,22)/t13-,16-/m1/s1. The summed E-state index contributed by atoms with van der Waals surface area (Å²) >= 11 is 0. The molecular formula is C19H23N7O. The number of nitrogens with zero attached hydrogens (tertiary/aromatic N) is 6. The van der Waals surface area contributed by atoms with Crippen LogP contribution >= 0.6 is 0 Å². The fraction of sp³-hybridized carbons (Fsp3) is 0.474. The topological polar surface area (TPSA) is 92.0 Å². The minimum Gasteiger partial charge on any atom is -0.393 e. The van der Waals surface area contributed by atoms with Crippen LogP contribution in [-0.4, -0.2) is 55.3 Å². The van der Waals surface area contributed by atoms with Crippen molar-refractivity contribution in [1.82, 2.24) is 25.0 Å². The Hall–Kier alpha value is -2.74. The fourth-order valence-corrected chi connectivity index (χ4v) is 4.02. The van der Waals surface area contributed by atoms with Gasteiger partial charge < -0.3 is 15.3 Å². The van der Waals surface area contributed by atoms with E-state index in [0.29, 0.717) is 17.1 Å². The van der Waals surface area contributed by atoms with Crippen molar-refractivity contribution in [2.45, 2.75) is 44.2 Å². The van der Waals surface area contributed by atoms with Gasteiger partial charge in [-0.3, -0.25) is 0 Å². The second-order valence-electron chi connectivity index (χ2n) is 7.42. The lowest BCUT2D eigenvalue weighted by Gasteiger charge is -2.17. The van der Waals surface area contributed by atoms with Crippen LogP contribution in [-0.2, 0) is 0 Å². The Balaban J connectivity index is 1.41. The Morgan fingerprint density at radius 2 is 1.81 bits per heavy atom. The number of benzene rings is 1. The summed E-state index contributed by atoms with van der Waals surface area (Å²) in [5.41, 5.74) is 3.52. The highest BCUT2D eigenvalue weighted by molar-refractivity contribution is 5.72. The number of fused-ring (bicyclic) bond motifs is 1. The number of nitrogens with one attached hydrogen (secondary N) is 1. The largest absolute Gasteiger partial charge is 0.393 e. The molecule has 0 amide bonds. The van der Waals surface area contributed by atoms with E-state index in [9.17, 15) is 5.11 Å². The van der Waals surface area contributed by atoms with E-state index in [2.05, 4.69) is 54.8 Å². The van der Waals surface area contributed by atoms with Crippen LogP contribution in [0.15, 0.2) is 30.5 Å². The number of hydrogen-bond acceptors (Lipinski definition) is 7. The summed E-state index contributed by atoms with van der Waals surface area (Å²) in [6.07, 6.45) is 6.48. The fourth-order valence-electron chi connectivity index (χ4n) is 4.02. The number of hydrogen-bond donors (Lipinski definition) is 2. The number of aromatic nitrogens is 5. The van der Waals surface area contributed by atoms with Crippen LogP contribution < -0.4 is 10.2 Å². The van der Waals surface area contributed by atoms with Crippen LogP contribution in [0, 0.1) is 0 Å². The molecule has 1 saturated heterocycles. The maximum atomic E-state index is 9.70. The summed E-state index contributed by atoms with van der Waals surface area (Å²) in [5.74, 6) is 0.554. The smallest absolute Gasteiger partial charge is 0.225 e. The van der Waals surface area contributed by atoms with Crippen molar-refractivity contribution in [2.75, 3.05) is 23.3 Å². The molecule has 27 heavy (non-hydrogen) atoms. The normalized spacial score (nSPS) is 22.6. The molecule has 0 spiro atoms. The first kappa shape index (κ1) is 16.4. The van der Waals surface area contributed by atoms with Gasteiger partial charge in [-0.05, 0) is 56.4 Å². The van der Waals surface area contributed by atoms with E-state index in [0.717, 1.165) is 38.0 Å². The van der Waals surface area contributed by atoms with Crippen molar-refractivity contribution < 1.29 is 5.11 Å². The second kappa shape index (κ2) is 6.77. The molecule has 1 aliphatic carbocycles. The molecule has 2 aliphatic rings. The lowest BCUT2D eigenvalue weighted by Crippen LogP contribution is -2.18. The average molecular weight is 365 g/mol. The maximum Gasteiger partial charge on any atom is 0.225 e. The Morgan fingerprint density at radius 1 is 1.04 bits per heavy atom. The lowest BCUT2D eigenvalue weighted by molar-refractivity contribution is 0.182. The molecule has 1 aliphatic heterocycles. The Labute approximate surface area is 157 Å². The predicted octanol–water partition coefficient (Wildman–Crippen LogP) is 2.14. The highest BCUT2D eigenvalue weighted by atomic mass is 16.3. The third kappa shape index (κ3) is 3.21. The van der Waals surface area contributed by atoms with E-state index < -0.39 is 0 Å². The van der Waals surface area contributed by atoms with Crippen LogP contribution in [0.1, 0.15) is 32.1 Å². The van der Waals surface area contributed by atoms with Crippen LogP contribution in [0.2, 0.25) is 0 Å². The van der Waals surface area contributed by atoms with Crippen molar-refractivity contribution in [2.24, 2.45) is 0 Å². The van der Waals surface area contributed by atoms with E-state index in [1.807, 2.05) is 0 Å². The molecule has 3 aromatic rings. The van der Waals surface area contributed by atoms with Crippen molar-refractivity contribution in [3.63, 3.8) is 0 Å². The van der Waals surface area contributed by atoms with Gasteiger partial charge in [-0.2, -0.15) is 9.67 Å². The molecule has 0 bridgehead atoms. The Bertz CT molecular complexity index is 933. The molecule has 3 heterocycles. The van der Waals surface area contributed by atoms with Crippen LogP contribution in [0.4, 0.5) is 11.6 Å².